The number of ether oxygens (including phenoxy) is 1. The molecule has 2 fully saturated rings. The molecule has 2 heteroatoms. The van der Waals surface area contributed by atoms with E-state index in [0.29, 0.717) is 23.5 Å². The third-order valence-electron chi connectivity index (χ3n) is 4.16. The van der Waals surface area contributed by atoms with E-state index in [9.17, 15) is 4.79 Å². The van der Waals surface area contributed by atoms with Crippen molar-refractivity contribution >= 4 is 5.78 Å². The Kier molecular flexibility index (Phi) is 2.23. The number of hydrogen-bond donors (Lipinski definition) is 0. The van der Waals surface area contributed by atoms with Gasteiger partial charge < -0.3 is 4.74 Å². The van der Waals surface area contributed by atoms with Crippen LogP contribution in [-0.4, -0.2) is 12.9 Å². The molecule has 1 aromatic carbocycles. The van der Waals surface area contributed by atoms with Crippen LogP contribution in [0.2, 0.25) is 0 Å². The van der Waals surface area contributed by atoms with Crippen LogP contribution in [0.3, 0.4) is 0 Å². The third kappa shape index (κ3) is 1.36. The van der Waals surface area contributed by atoms with Gasteiger partial charge in [-0.3, -0.25) is 4.79 Å². The fourth-order valence-corrected chi connectivity index (χ4v) is 3.29. The number of Topliss-reactive ketones (excluding diaryl/α,β-unsaturated/α-hetero) is 1. The number of rotatable bonds is 2. The van der Waals surface area contributed by atoms with E-state index in [2.05, 4.69) is 12.1 Å². The molecule has 2 aliphatic carbocycles. The quantitative estimate of drug-likeness (QED) is 0.759. The number of hydrogen-bond acceptors (Lipinski definition) is 2. The topological polar surface area (TPSA) is 26.3 Å². The number of methoxy groups -OCH3 is 1. The molecule has 2 nitrogen and oxygen atoms in total. The molecular weight excluding hydrogens is 200 g/mol. The average molecular weight is 216 g/mol. The largest absolute Gasteiger partial charge is 0.497 e. The highest BCUT2D eigenvalue weighted by molar-refractivity contribution is 5.88. The van der Waals surface area contributed by atoms with Gasteiger partial charge in [-0.2, -0.15) is 0 Å². The first-order chi connectivity index (χ1) is 7.79. The van der Waals surface area contributed by atoms with Crippen molar-refractivity contribution in [1.82, 2.24) is 0 Å². The molecule has 0 radical (unpaired) electrons. The first-order valence-corrected chi connectivity index (χ1v) is 5.97. The van der Waals surface area contributed by atoms with Gasteiger partial charge >= 0.3 is 0 Å². The van der Waals surface area contributed by atoms with Crippen molar-refractivity contribution in [2.75, 3.05) is 7.11 Å². The smallest absolute Gasteiger partial charge is 0.139 e. The van der Waals surface area contributed by atoms with Crippen LogP contribution < -0.4 is 4.74 Å². The molecule has 0 spiro atoms. The Bertz CT molecular complexity index is 407. The second kappa shape index (κ2) is 3.62. The number of carbonyl (C=O) groups is 1. The first kappa shape index (κ1) is 9.88. The van der Waals surface area contributed by atoms with Crippen LogP contribution in [0.25, 0.3) is 0 Å². The van der Waals surface area contributed by atoms with Crippen LogP contribution in [-0.2, 0) is 4.79 Å². The van der Waals surface area contributed by atoms with Crippen molar-refractivity contribution in [2.45, 2.75) is 25.2 Å². The van der Waals surface area contributed by atoms with Crippen molar-refractivity contribution in [3.63, 3.8) is 0 Å². The molecule has 2 saturated carbocycles. The minimum Gasteiger partial charge on any atom is -0.497 e. The SMILES string of the molecule is COc1ccc([C@H]2C[C@H]3CC[C@@H]2C3=O)cc1. The van der Waals surface area contributed by atoms with E-state index in [4.69, 9.17) is 4.74 Å². The van der Waals surface area contributed by atoms with Crippen LogP contribution >= 0.6 is 0 Å². The molecule has 1 aromatic rings. The van der Waals surface area contributed by atoms with Gasteiger partial charge in [-0.25, -0.2) is 0 Å². The summed E-state index contributed by atoms with van der Waals surface area (Å²) in [5.74, 6) is 2.53. The van der Waals surface area contributed by atoms with E-state index in [1.807, 2.05) is 12.1 Å². The Morgan fingerprint density at radius 1 is 1.12 bits per heavy atom. The molecule has 2 bridgehead atoms. The summed E-state index contributed by atoms with van der Waals surface area (Å²) in [5.41, 5.74) is 1.31. The highest BCUT2D eigenvalue weighted by atomic mass is 16.5. The van der Waals surface area contributed by atoms with Gasteiger partial charge in [0.25, 0.3) is 0 Å². The zero-order valence-electron chi connectivity index (χ0n) is 9.48. The summed E-state index contributed by atoms with van der Waals surface area (Å²) in [6, 6.07) is 8.20. The van der Waals surface area contributed by atoms with Crippen molar-refractivity contribution in [1.29, 1.82) is 0 Å². The van der Waals surface area contributed by atoms with Gasteiger partial charge in [0, 0.05) is 11.8 Å². The summed E-state index contributed by atoms with van der Waals surface area (Å²) >= 11 is 0. The molecule has 16 heavy (non-hydrogen) atoms. The number of fused-ring (bicyclic) bond motifs is 2. The monoisotopic (exact) mass is 216 g/mol. The van der Waals surface area contributed by atoms with E-state index in [0.717, 1.165) is 25.0 Å². The summed E-state index contributed by atoms with van der Waals surface area (Å²) in [6.45, 7) is 0. The fraction of sp³-hybridized carbons (Fsp3) is 0.500. The van der Waals surface area contributed by atoms with Crippen molar-refractivity contribution in [2.24, 2.45) is 11.8 Å². The van der Waals surface area contributed by atoms with Crippen LogP contribution in [0.15, 0.2) is 24.3 Å². The summed E-state index contributed by atoms with van der Waals surface area (Å²) in [6.07, 6.45) is 3.28. The van der Waals surface area contributed by atoms with Crippen LogP contribution in [0.4, 0.5) is 0 Å². The lowest BCUT2D eigenvalue weighted by atomic mass is 9.83. The molecule has 84 valence electrons. The summed E-state index contributed by atoms with van der Waals surface area (Å²) in [7, 11) is 1.68. The highest BCUT2D eigenvalue weighted by Crippen LogP contribution is 2.50. The first-order valence-electron chi connectivity index (χ1n) is 5.97. The molecule has 3 rings (SSSR count). The molecule has 0 aliphatic heterocycles. The van der Waals surface area contributed by atoms with Crippen LogP contribution in [0.1, 0.15) is 30.7 Å². The van der Waals surface area contributed by atoms with Crippen LogP contribution in [0, 0.1) is 11.8 Å². The molecule has 0 unspecified atom stereocenters. The second-order valence-corrected chi connectivity index (χ2v) is 4.90. The normalized spacial score (nSPS) is 32.1. The predicted molar refractivity (Wildman–Crippen MR) is 61.6 cm³/mol. The molecule has 0 aromatic heterocycles. The number of carbonyl (C=O) groups excluding carboxylic acids is 1. The van der Waals surface area contributed by atoms with E-state index in [-0.39, 0.29) is 0 Å². The molecule has 2 aliphatic rings. The summed E-state index contributed by atoms with van der Waals surface area (Å²) in [4.78, 5) is 11.8. The minimum atomic E-state index is 0.304. The molecule has 0 amide bonds. The molecule has 0 heterocycles. The van der Waals surface area contributed by atoms with Gasteiger partial charge in [-0.1, -0.05) is 12.1 Å². The summed E-state index contributed by atoms with van der Waals surface area (Å²) in [5, 5.41) is 0. The zero-order chi connectivity index (χ0) is 11.1. The maximum Gasteiger partial charge on any atom is 0.139 e. The van der Waals surface area contributed by atoms with E-state index < -0.39 is 0 Å². The van der Waals surface area contributed by atoms with Crippen molar-refractivity contribution in [3.8, 4) is 5.75 Å². The molecule has 0 N–H and O–H groups in total. The summed E-state index contributed by atoms with van der Waals surface area (Å²) < 4.78 is 5.15. The van der Waals surface area contributed by atoms with E-state index in [1.165, 1.54) is 5.56 Å². The lowest BCUT2D eigenvalue weighted by Crippen LogP contribution is -2.10. The van der Waals surface area contributed by atoms with Crippen molar-refractivity contribution in [3.05, 3.63) is 29.8 Å². The zero-order valence-corrected chi connectivity index (χ0v) is 9.48. The van der Waals surface area contributed by atoms with E-state index in [1.54, 1.807) is 7.11 Å². The Balaban J connectivity index is 1.85. The minimum absolute atomic E-state index is 0.304. The van der Waals surface area contributed by atoms with Crippen molar-refractivity contribution < 1.29 is 9.53 Å². The lowest BCUT2D eigenvalue weighted by Gasteiger charge is -2.20. The molecule has 3 atom stereocenters. The Labute approximate surface area is 95.6 Å². The standard InChI is InChI=1S/C14H16O2/c1-16-11-5-2-9(3-6-11)13-8-10-4-7-12(13)14(10)15/h2-3,5-6,10,12-13H,4,7-8H2,1H3/t10-,12+,13-/m1/s1. The van der Waals surface area contributed by atoms with Gasteiger partial charge in [0.05, 0.1) is 7.11 Å². The number of benzene rings is 1. The third-order valence-corrected chi connectivity index (χ3v) is 4.16. The van der Waals surface area contributed by atoms with Gasteiger partial charge in [-0.05, 0) is 42.9 Å². The van der Waals surface area contributed by atoms with Crippen LogP contribution in [0.5, 0.6) is 5.75 Å². The Morgan fingerprint density at radius 3 is 2.38 bits per heavy atom. The maximum atomic E-state index is 11.8. The van der Waals surface area contributed by atoms with E-state index >= 15 is 0 Å². The molecule has 0 saturated heterocycles. The lowest BCUT2D eigenvalue weighted by molar-refractivity contribution is -0.121. The maximum absolute atomic E-state index is 11.8. The Hall–Kier alpha value is -1.31. The highest BCUT2D eigenvalue weighted by Gasteiger charge is 2.47. The second-order valence-electron chi connectivity index (χ2n) is 4.90. The van der Waals surface area contributed by atoms with Gasteiger partial charge in [0.1, 0.15) is 11.5 Å². The van der Waals surface area contributed by atoms with Gasteiger partial charge in [0.15, 0.2) is 0 Å². The average Bonchev–Trinajstić information content (AvgIpc) is 2.85. The Morgan fingerprint density at radius 2 is 1.88 bits per heavy atom. The van der Waals surface area contributed by atoms with Gasteiger partial charge in [0.2, 0.25) is 0 Å². The predicted octanol–water partition coefficient (Wildman–Crippen LogP) is 2.78. The van der Waals surface area contributed by atoms with Gasteiger partial charge in [-0.15, -0.1) is 0 Å². The molecular formula is C14H16O2. The fourth-order valence-electron chi connectivity index (χ4n) is 3.29. The number of ketones is 1.